The Morgan fingerprint density at radius 1 is 1.21 bits per heavy atom. The second-order valence-corrected chi connectivity index (χ2v) is 9.73. The molecular weight excluding hydrogens is 398 g/mol. The van der Waals surface area contributed by atoms with Crippen LogP contribution in [0.15, 0.2) is 0 Å². The van der Waals surface area contributed by atoms with E-state index in [4.69, 9.17) is 9.47 Å². The lowest BCUT2D eigenvalue weighted by atomic mass is 10.1. The zero-order valence-corrected chi connectivity index (χ0v) is 18.1. The number of carbonyl (C=O) groups is 4. The van der Waals surface area contributed by atoms with Crippen molar-refractivity contribution < 1.29 is 28.7 Å². The third kappa shape index (κ3) is 4.69. The first-order chi connectivity index (χ1) is 13.6. The van der Waals surface area contributed by atoms with Crippen molar-refractivity contribution in [2.75, 3.05) is 26.0 Å². The summed E-state index contributed by atoms with van der Waals surface area (Å²) in [5.41, 5.74) is -0.608. The molecule has 3 aliphatic rings. The molecule has 3 heterocycles. The van der Waals surface area contributed by atoms with E-state index in [1.54, 1.807) is 37.4 Å². The minimum absolute atomic E-state index is 0.0379. The molecular formula is C19H29N3O6S. The zero-order valence-electron chi connectivity index (χ0n) is 17.3. The molecule has 162 valence electrons. The van der Waals surface area contributed by atoms with Crippen molar-refractivity contribution in [2.24, 2.45) is 0 Å². The highest BCUT2D eigenvalue weighted by atomic mass is 32.2. The van der Waals surface area contributed by atoms with Crippen LogP contribution in [0.25, 0.3) is 0 Å². The van der Waals surface area contributed by atoms with Crippen LogP contribution in [-0.4, -0.2) is 88.6 Å². The lowest BCUT2D eigenvalue weighted by Gasteiger charge is -2.28. The van der Waals surface area contributed by atoms with Crippen molar-refractivity contribution in [3.63, 3.8) is 0 Å². The lowest BCUT2D eigenvalue weighted by Crippen LogP contribution is -2.50. The molecule has 9 nitrogen and oxygen atoms in total. The van der Waals surface area contributed by atoms with Crippen molar-refractivity contribution in [1.29, 1.82) is 0 Å². The summed E-state index contributed by atoms with van der Waals surface area (Å²) < 4.78 is 10.2. The van der Waals surface area contributed by atoms with E-state index in [1.807, 2.05) is 0 Å². The van der Waals surface area contributed by atoms with Crippen LogP contribution in [0.4, 0.5) is 0 Å². The molecule has 0 spiro atoms. The van der Waals surface area contributed by atoms with Crippen molar-refractivity contribution in [3.05, 3.63) is 0 Å². The Kier molecular flexibility index (Phi) is 6.42. The largest absolute Gasteiger partial charge is 0.467 e. The first kappa shape index (κ1) is 21.9. The monoisotopic (exact) mass is 427 g/mol. The van der Waals surface area contributed by atoms with Gasteiger partial charge in [0.25, 0.3) is 0 Å². The van der Waals surface area contributed by atoms with Gasteiger partial charge < -0.3 is 19.3 Å². The van der Waals surface area contributed by atoms with Gasteiger partial charge in [0.15, 0.2) is 0 Å². The Morgan fingerprint density at radius 3 is 2.59 bits per heavy atom. The number of likely N-dealkylation sites (tertiary alicyclic amines) is 1. The summed E-state index contributed by atoms with van der Waals surface area (Å²) >= 11 is 1.55. The predicted octanol–water partition coefficient (Wildman–Crippen LogP) is 0.124. The normalized spacial score (nSPS) is 29.2. The maximum absolute atomic E-state index is 12.7. The smallest absolute Gasteiger partial charge is 0.329 e. The van der Waals surface area contributed by atoms with E-state index in [-0.39, 0.29) is 23.7 Å². The first-order valence-electron chi connectivity index (χ1n) is 9.89. The number of ether oxygens (including phenoxy) is 2. The van der Waals surface area contributed by atoms with E-state index in [2.05, 4.69) is 5.32 Å². The number of methoxy groups -OCH3 is 1. The number of fused-ring (bicyclic) bond motifs is 1. The molecule has 3 fully saturated rings. The Morgan fingerprint density at radius 2 is 1.93 bits per heavy atom. The van der Waals surface area contributed by atoms with Gasteiger partial charge in [0.05, 0.1) is 25.1 Å². The summed E-state index contributed by atoms with van der Waals surface area (Å²) in [7, 11) is 1.31. The summed E-state index contributed by atoms with van der Waals surface area (Å²) in [5, 5.41) is 2.94. The first-order valence-corrected chi connectivity index (χ1v) is 10.9. The van der Waals surface area contributed by atoms with Crippen LogP contribution in [0.2, 0.25) is 0 Å². The highest BCUT2D eigenvalue weighted by Gasteiger charge is 2.50. The molecule has 0 unspecified atom stereocenters. The Bertz CT molecular complexity index is 694. The highest BCUT2D eigenvalue weighted by Crippen LogP contribution is 2.38. The quantitative estimate of drug-likeness (QED) is 0.617. The topological polar surface area (TPSA) is 105 Å². The van der Waals surface area contributed by atoms with Gasteiger partial charge >= 0.3 is 11.9 Å². The number of nitrogens with one attached hydrogen (secondary N) is 1. The highest BCUT2D eigenvalue weighted by molar-refractivity contribution is 8.00. The number of nitrogens with zero attached hydrogens (tertiary/aromatic N) is 2. The van der Waals surface area contributed by atoms with E-state index in [9.17, 15) is 19.2 Å². The Hall–Kier alpha value is -1.81. The summed E-state index contributed by atoms with van der Waals surface area (Å²) in [4.78, 5) is 52.8. The van der Waals surface area contributed by atoms with Gasteiger partial charge in [0, 0.05) is 18.7 Å². The van der Waals surface area contributed by atoms with Gasteiger partial charge in [0.1, 0.15) is 17.7 Å². The molecule has 3 rings (SSSR count). The van der Waals surface area contributed by atoms with Crippen molar-refractivity contribution in [3.8, 4) is 0 Å². The van der Waals surface area contributed by atoms with E-state index >= 15 is 0 Å². The summed E-state index contributed by atoms with van der Waals surface area (Å²) in [6.07, 6.45) is 1.85. The molecule has 0 saturated carbocycles. The molecule has 2 amide bonds. The molecule has 3 saturated heterocycles. The zero-order chi connectivity index (χ0) is 21.3. The average molecular weight is 428 g/mol. The van der Waals surface area contributed by atoms with Gasteiger partial charge in [0.2, 0.25) is 11.8 Å². The molecule has 3 aliphatic heterocycles. The number of esters is 2. The summed E-state index contributed by atoms with van der Waals surface area (Å²) in [6, 6.07) is -1.67. The molecule has 29 heavy (non-hydrogen) atoms. The fraction of sp³-hybridized carbons (Fsp3) is 0.789. The molecule has 0 bridgehead atoms. The van der Waals surface area contributed by atoms with E-state index in [0.717, 1.165) is 6.42 Å². The fourth-order valence-electron chi connectivity index (χ4n) is 4.00. The maximum Gasteiger partial charge on any atom is 0.329 e. The number of hydrogen-bond donors (Lipinski definition) is 1. The maximum atomic E-state index is 12.7. The van der Waals surface area contributed by atoms with Crippen molar-refractivity contribution in [1.82, 2.24) is 15.1 Å². The van der Waals surface area contributed by atoms with Crippen LogP contribution in [0, 0.1) is 0 Å². The minimum Gasteiger partial charge on any atom is -0.467 e. The number of hydrogen-bond acceptors (Lipinski definition) is 8. The average Bonchev–Trinajstić information content (AvgIpc) is 3.34. The number of rotatable bonds is 5. The van der Waals surface area contributed by atoms with Crippen LogP contribution in [0.3, 0.4) is 0 Å². The predicted molar refractivity (Wildman–Crippen MR) is 106 cm³/mol. The van der Waals surface area contributed by atoms with Gasteiger partial charge in [-0.25, -0.2) is 9.59 Å². The molecule has 10 heteroatoms. The van der Waals surface area contributed by atoms with Crippen molar-refractivity contribution >= 4 is 35.5 Å². The van der Waals surface area contributed by atoms with Crippen LogP contribution in [-0.2, 0) is 28.7 Å². The van der Waals surface area contributed by atoms with Gasteiger partial charge in [-0.05, 0) is 33.6 Å². The summed E-state index contributed by atoms with van der Waals surface area (Å²) in [5.74, 6) is -0.690. The van der Waals surface area contributed by atoms with Gasteiger partial charge in [-0.2, -0.15) is 0 Å². The van der Waals surface area contributed by atoms with Crippen LogP contribution >= 0.6 is 11.8 Å². The number of thioether (sulfide) groups is 1. The van der Waals surface area contributed by atoms with Gasteiger partial charge in [-0.1, -0.05) is 0 Å². The van der Waals surface area contributed by atoms with E-state index in [1.165, 1.54) is 12.0 Å². The van der Waals surface area contributed by atoms with Gasteiger partial charge in [-0.3, -0.25) is 14.9 Å². The third-order valence-electron chi connectivity index (χ3n) is 5.31. The second kappa shape index (κ2) is 8.51. The minimum atomic E-state index is -0.608. The fourth-order valence-corrected chi connectivity index (χ4v) is 5.44. The van der Waals surface area contributed by atoms with Crippen LogP contribution in [0.5, 0.6) is 0 Å². The Balaban J connectivity index is 1.55. The molecule has 0 radical (unpaired) electrons. The molecule has 0 aliphatic carbocycles. The Labute approximate surface area is 174 Å². The number of carbonyl (C=O) groups excluding carboxylic acids is 4. The van der Waals surface area contributed by atoms with Crippen LogP contribution < -0.4 is 5.32 Å². The van der Waals surface area contributed by atoms with Crippen LogP contribution in [0.1, 0.15) is 40.0 Å². The summed E-state index contributed by atoms with van der Waals surface area (Å²) in [6.45, 7) is 5.85. The third-order valence-corrected chi connectivity index (χ3v) is 6.62. The molecule has 0 aromatic heterocycles. The number of amides is 2. The lowest BCUT2D eigenvalue weighted by molar-refractivity contribution is -0.163. The SMILES string of the molecule is COC(=O)[C@H]1CS[C@@H]2C[C@@H](NCC(=O)N3CCC[C@H]3C(=O)OC(C)(C)C)C(=O)N12. The molecule has 0 aromatic rings. The standard InChI is InChI=1S/C19H29N3O6S/c1-19(2,3)28-18(26)12-6-5-7-21(12)14(23)9-20-11-8-15-22(16(11)24)13(10-29-15)17(25)27-4/h11-13,15,20H,5-10H2,1-4H3/t11-,12+,13-,15-/m1/s1. The van der Waals surface area contributed by atoms with E-state index in [0.29, 0.717) is 25.1 Å². The molecule has 4 atom stereocenters. The van der Waals surface area contributed by atoms with E-state index < -0.39 is 35.7 Å². The molecule has 1 N–H and O–H groups in total. The molecule has 0 aromatic carbocycles. The second-order valence-electron chi connectivity index (χ2n) is 8.52. The van der Waals surface area contributed by atoms with Gasteiger partial charge in [-0.15, -0.1) is 11.8 Å². The van der Waals surface area contributed by atoms with Crippen molar-refractivity contribution in [2.45, 2.75) is 69.1 Å².